The third-order valence-corrected chi connectivity index (χ3v) is 3.35. The minimum Gasteiger partial charge on any atom is -0.328 e. The Morgan fingerprint density at radius 3 is 2.33 bits per heavy atom. The molecule has 3 aromatic rings. The predicted molar refractivity (Wildman–Crippen MR) is 82.6 cm³/mol. The summed E-state index contributed by atoms with van der Waals surface area (Å²) in [6.45, 7) is 0. The first kappa shape index (κ1) is 12.9. The second-order valence-electron chi connectivity index (χ2n) is 4.65. The number of aromatic nitrogens is 1. The number of nitrogens with zero attached hydrogens (tertiary/aromatic N) is 1. The zero-order valence-electron chi connectivity index (χ0n) is 11.2. The van der Waals surface area contributed by atoms with Crippen molar-refractivity contribution >= 4 is 0 Å². The largest absolute Gasteiger partial charge is 0.328 e. The van der Waals surface area contributed by atoms with Gasteiger partial charge in [0.2, 0.25) is 5.56 Å². The Hall–Kier alpha value is -3.12. The van der Waals surface area contributed by atoms with E-state index in [1.807, 2.05) is 48.5 Å². The second-order valence-corrected chi connectivity index (χ2v) is 4.65. The number of benzene rings is 2. The van der Waals surface area contributed by atoms with Crippen LogP contribution < -0.4 is 5.56 Å². The Kier molecular flexibility index (Phi) is 3.36. The lowest BCUT2D eigenvalue weighted by Crippen LogP contribution is -2.05. The standard InChI is InChI=1S/C18H12N2O/c19-11-14-8-4-5-9-15(14)17-12-20-18(21)10-16(17)13-6-2-1-3-7-13/h1-10,12H,(H,20,21). The average molecular weight is 272 g/mol. The van der Waals surface area contributed by atoms with E-state index in [-0.39, 0.29) is 5.56 Å². The van der Waals surface area contributed by atoms with Gasteiger partial charge in [-0.1, -0.05) is 48.5 Å². The van der Waals surface area contributed by atoms with Gasteiger partial charge in [0.15, 0.2) is 0 Å². The summed E-state index contributed by atoms with van der Waals surface area (Å²) in [7, 11) is 0. The molecule has 0 aliphatic rings. The zero-order chi connectivity index (χ0) is 14.7. The van der Waals surface area contributed by atoms with Gasteiger partial charge in [-0.05, 0) is 17.2 Å². The van der Waals surface area contributed by atoms with E-state index in [1.54, 1.807) is 18.3 Å². The van der Waals surface area contributed by atoms with Gasteiger partial charge in [0.1, 0.15) is 0 Å². The quantitative estimate of drug-likeness (QED) is 0.775. The molecule has 3 heteroatoms. The summed E-state index contributed by atoms with van der Waals surface area (Å²) in [6, 6.07) is 20.8. The maximum absolute atomic E-state index is 11.7. The first-order valence-corrected chi connectivity index (χ1v) is 6.57. The molecule has 0 aliphatic carbocycles. The molecule has 0 saturated carbocycles. The number of nitrogens with one attached hydrogen (secondary N) is 1. The fourth-order valence-electron chi connectivity index (χ4n) is 2.37. The summed E-state index contributed by atoms with van der Waals surface area (Å²) in [5.41, 5.74) is 3.86. The molecule has 1 heterocycles. The van der Waals surface area contributed by atoms with Gasteiger partial charge in [0, 0.05) is 23.4 Å². The minimum absolute atomic E-state index is 0.160. The van der Waals surface area contributed by atoms with Crippen molar-refractivity contribution in [1.29, 1.82) is 5.26 Å². The van der Waals surface area contributed by atoms with E-state index in [1.165, 1.54) is 0 Å². The molecule has 0 fully saturated rings. The van der Waals surface area contributed by atoms with E-state index in [0.717, 1.165) is 22.3 Å². The molecule has 0 atom stereocenters. The third kappa shape index (κ3) is 2.47. The zero-order valence-corrected chi connectivity index (χ0v) is 11.2. The Balaban J connectivity index is 2.30. The van der Waals surface area contributed by atoms with Gasteiger partial charge in [-0.3, -0.25) is 4.79 Å². The smallest absolute Gasteiger partial charge is 0.248 e. The van der Waals surface area contributed by atoms with Crippen molar-refractivity contribution in [2.75, 3.05) is 0 Å². The number of hydrogen-bond donors (Lipinski definition) is 1. The minimum atomic E-state index is -0.160. The summed E-state index contributed by atoms with van der Waals surface area (Å²) in [5.74, 6) is 0. The number of nitriles is 1. The highest BCUT2D eigenvalue weighted by Crippen LogP contribution is 2.32. The lowest BCUT2D eigenvalue weighted by Gasteiger charge is -2.10. The topological polar surface area (TPSA) is 56.6 Å². The molecule has 0 bridgehead atoms. The molecular formula is C18H12N2O. The molecule has 0 saturated heterocycles. The molecule has 3 nitrogen and oxygen atoms in total. The van der Waals surface area contributed by atoms with Crippen molar-refractivity contribution in [3.8, 4) is 28.3 Å². The molecule has 0 aliphatic heterocycles. The molecule has 0 amide bonds. The van der Waals surface area contributed by atoms with Gasteiger partial charge in [0.25, 0.3) is 0 Å². The fourth-order valence-corrected chi connectivity index (χ4v) is 2.37. The fraction of sp³-hybridized carbons (Fsp3) is 0. The summed E-state index contributed by atoms with van der Waals surface area (Å²) in [6.07, 6.45) is 1.67. The summed E-state index contributed by atoms with van der Waals surface area (Å²) in [5, 5.41) is 9.27. The molecule has 21 heavy (non-hydrogen) atoms. The van der Waals surface area contributed by atoms with Gasteiger partial charge >= 0.3 is 0 Å². The van der Waals surface area contributed by atoms with Crippen molar-refractivity contribution in [3.63, 3.8) is 0 Å². The monoisotopic (exact) mass is 272 g/mol. The van der Waals surface area contributed by atoms with E-state index in [9.17, 15) is 10.1 Å². The third-order valence-electron chi connectivity index (χ3n) is 3.35. The van der Waals surface area contributed by atoms with Crippen molar-refractivity contribution in [2.24, 2.45) is 0 Å². The first-order chi connectivity index (χ1) is 10.3. The van der Waals surface area contributed by atoms with Gasteiger partial charge in [0.05, 0.1) is 11.6 Å². The van der Waals surface area contributed by atoms with E-state index in [2.05, 4.69) is 11.1 Å². The second kappa shape index (κ2) is 5.48. The van der Waals surface area contributed by atoms with Crippen LogP contribution >= 0.6 is 0 Å². The Bertz CT molecular complexity index is 873. The summed E-state index contributed by atoms with van der Waals surface area (Å²) < 4.78 is 0. The highest BCUT2D eigenvalue weighted by atomic mass is 16.1. The summed E-state index contributed by atoms with van der Waals surface area (Å²) in [4.78, 5) is 14.4. The highest BCUT2D eigenvalue weighted by molar-refractivity contribution is 5.85. The molecule has 100 valence electrons. The van der Waals surface area contributed by atoms with Crippen LogP contribution in [-0.2, 0) is 0 Å². The van der Waals surface area contributed by atoms with Crippen molar-refractivity contribution in [2.45, 2.75) is 0 Å². The van der Waals surface area contributed by atoms with Crippen LogP contribution in [0.5, 0.6) is 0 Å². The maximum Gasteiger partial charge on any atom is 0.248 e. The van der Waals surface area contributed by atoms with E-state index in [0.29, 0.717) is 5.56 Å². The van der Waals surface area contributed by atoms with Crippen molar-refractivity contribution in [1.82, 2.24) is 4.98 Å². The van der Waals surface area contributed by atoms with Crippen molar-refractivity contribution in [3.05, 3.63) is 82.8 Å². The molecule has 0 unspecified atom stereocenters. The van der Waals surface area contributed by atoms with Crippen LogP contribution in [-0.4, -0.2) is 4.98 Å². The molecule has 3 rings (SSSR count). The number of pyridine rings is 1. The van der Waals surface area contributed by atoms with Gasteiger partial charge in [-0.2, -0.15) is 5.26 Å². The van der Waals surface area contributed by atoms with Crippen LogP contribution in [0.3, 0.4) is 0 Å². The lowest BCUT2D eigenvalue weighted by molar-refractivity contribution is 1.24. The average Bonchev–Trinajstić information content (AvgIpc) is 2.55. The van der Waals surface area contributed by atoms with Crippen LogP contribution in [0.4, 0.5) is 0 Å². The van der Waals surface area contributed by atoms with Crippen LogP contribution in [0.1, 0.15) is 5.56 Å². The number of rotatable bonds is 2. The number of aromatic amines is 1. The predicted octanol–water partition coefficient (Wildman–Crippen LogP) is 3.58. The molecule has 0 radical (unpaired) electrons. The maximum atomic E-state index is 11.7. The molecule has 0 spiro atoms. The molecule has 1 aromatic heterocycles. The van der Waals surface area contributed by atoms with Gasteiger partial charge in [-0.25, -0.2) is 0 Å². The Morgan fingerprint density at radius 1 is 0.857 bits per heavy atom. The lowest BCUT2D eigenvalue weighted by atomic mass is 9.94. The van der Waals surface area contributed by atoms with Crippen molar-refractivity contribution < 1.29 is 0 Å². The molecule has 2 aromatic carbocycles. The Morgan fingerprint density at radius 2 is 1.57 bits per heavy atom. The highest BCUT2D eigenvalue weighted by Gasteiger charge is 2.11. The SMILES string of the molecule is N#Cc1ccccc1-c1c[nH]c(=O)cc1-c1ccccc1. The van der Waals surface area contributed by atoms with Gasteiger partial charge < -0.3 is 4.98 Å². The van der Waals surface area contributed by atoms with Crippen LogP contribution in [0, 0.1) is 11.3 Å². The van der Waals surface area contributed by atoms with E-state index >= 15 is 0 Å². The van der Waals surface area contributed by atoms with Crippen LogP contribution in [0.2, 0.25) is 0 Å². The van der Waals surface area contributed by atoms with E-state index < -0.39 is 0 Å². The van der Waals surface area contributed by atoms with Gasteiger partial charge in [-0.15, -0.1) is 0 Å². The Labute approximate surface area is 122 Å². The molecule has 1 N–H and O–H groups in total. The summed E-state index contributed by atoms with van der Waals surface area (Å²) >= 11 is 0. The number of hydrogen-bond acceptors (Lipinski definition) is 2. The van der Waals surface area contributed by atoms with Crippen LogP contribution in [0.15, 0.2) is 71.7 Å². The first-order valence-electron chi connectivity index (χ1n) is 6.57. The normalized spacial score (nSPS) is 10.0. The molecular weight excluding hydrogens is 260 g/mol. The number of H-pyrrole nitrogens is 1. The van der Waals surface area contributed by atoms with Crippen LogP contribution in [0.25, 0.3) is 22.3 Å². The van der Waals surface area contributed by atoms with E-state index in [4.69, 9.17) is 0 Å².